The largest absolute Gasteiger partial charge is 0.395 e. The van der Waals surface area contributed by atoms with Crippen LogP contribution in [-0.2, 0) is 6.42 Å². The van der Waals surface area contributed by atoms with Crippen LogP contribution >= 0.6 is 11.8 Å². The van der Waals surface area contributed by atoms with Gasteiger partial charge >= 0.3 is 0 Å². The molecule has 2 rings (SSSR count). The summed E-state index contributed by atoms with van der Waals surface area (Å²) in [5.74, 6) is 1.04. The van der Waals surface area contributed by atoms with Gasteiger partial charge in [0.05, 0.1) is 11.4 Å². The fourth-order valence-corrected chi connectivity index (χ4v) is 3.50. The van der Waals surface area contributed by atoms with E-state index < -0.39 is 0 Å². The number of aromatic amines is 1. The normalized spacial score (nSPS) is 19.3. The Morgan fingerprint density at radius 1 is 1.58 bits per heavy atom. The molecule has 0 radical (unpaired) electrons. The van der Waals surface area contributed by atoms with Crippen LogP contribution in [0, 0.1) is 0 Å². The van der Waals surface area contributed by atoms with Gasteiger partial charge in [0.15, 0.2) is 5.69 Å². The first-order valence-electron chi connectivity index (χ1n) is 6.95. The summed E-state index contributed by atoms with van der Waals surface area (Å²) in [7, 11) is 0. The molecule has 4 N–H and O–H groups in total. The van der Waals surface area contributed by atoms with Crippen LogP contribution in [0.15, 0.2) is 0 Å². The number of amides is 1. The maximum Gasteiger partial charge on any atom is 0.273 e. The number of anilines is 1. The van der Waals surface area contributed by atoms with Crippen LogP contribution in [0.3, 0.4) is 0 Å². The zero-order valence-electron chi connectivity index (χ0n) is 11.4. The Hall–Kier alpha value is -1.17. The summed E-state index contributed by atoms with van der Waals surface area (Å²) in [4.78, 5) is 12.0. The van der Waals surface area contributed by atoms with Gasteiger partial charge < -0.3 is 11.1 Å². The van der Waals surface area contributed by atoms with Crippen LogP contribution in [0.1, 0.15) is 48.8 Å². The summed E-state index contributed by atoms with van der Waals surface area (Å²) < 4.78 is 0. The van der Waals surface area contributed by atoms with Gasteiger partial charge in [-0.1, -0.05) is 19.8 Å². The number of rotatable bonds is 5. The topological polar surface area (TPSA) is 83.8 Å². The van der Waals surface area contributed by atoms with Crippen LogP contribution in [0.25, 0.3) is 0 Å². The van der Waals surface area contributed by atoms with Crippen molar-refractivity contribution in [2.75, 3.05) is 18.0 Å². The molecule has 5 nitrogen and oxygen atoms in total. The van der Waals surface area contributed by atoms with E-state index in [9.17, 15) is 4.79 Å². The highest BCUT2D eigenvalue weighted by Crippen LogP contribution is 2.24. The van der Waals surface area contributed by atoms with Crippen molar-refractivity contribution >= 4 is 23.4 Å². The lowest BCUT2D eigenvalue weighted by atomic mass is 10.2. The van der Waals surface area contributed by atoms with Crippen LogP contribution in [0.2, 0.25) is 0 Å². The van der Waals surface area contributed by atoms with Crippen molar-refractivity contribution in [1.29, 1.82) is 0 Å². The van der Waals surface area contributed by atoms with Crippen LogP contribution in [0.5, 0.6) is 0 Å². The Balaban J connectivity index is 1.88. The zero-order chi connectivity index (χ0) is 13.7. The Labute approximate surface area is 118 Å². The van der Waals surface area contributed by atoms with Crippen LogP contribution in [-0.4, -0.2) is 33.7 Å². The minimum Gasteiger partial charge on any atom is -0.395 e. The second-order valence-electron chi connectivity index (χ2n) is 4.91. The Morgan fingerprint density at radius 2 is 2.42 bits per heavy atom. The van der Waals surface area contributed by atoms with E-state index in [1.165, 1.54) is 25.0 Å². The van der Waals surface area contributed by atoms with Gasteiger partial charge in [-0.15, -0.1) is 0 Å². The van der Waals surface area contributed by atoms with Crippen molar-refractivity contribution in [3.05, 3.63) is 11.4 Å². The molecule has 1 aromatic heterocycles. The summed E-state index contributed by atoms with van der Waals surface area (Å²) in [5, 5.41) is 10.4. The average molecular weight is 282 g/mol. The smallest absolute Gasteiger partial charge is 0.273 e. The molecule has 1 amide bonds. The monoisotopic (exact) mass is 282 g/mol. The SMILES string of the molecule is CCCc1[nH]nc(C(=O)NCC2CCCCS2)c1N. The molecule has 2 heterocycles. The van der Waals surface area contributed by atoms with E-state index in [1.54, 1.807) is 0 Å². The molecule has 1 saturated heterocycles. The lowest BCUT2D eigenvalue weighted by molar-refractivity contribution is 0.0949. The van der Waals surface area contributed by atoms with E-state index >= 15 is 0 Å². The summed E-state index contributed by atoms with van der Waals surface area (Å²) in [5.41, 5.74) is 7.63. The van der Waals surface area contributed by atoms with Crippen LogP contribution < -0.4 is 11.1 Å². The molecular formula is C13H22N4OS. The third kappa shape index (κ3) is 3.65. The van der Waals surface area contributed by atoms with Gasteiger partial charge in [-0.3, -0.25) is 9.89 Å². The molecule has 1 aromatic rings. The first-order chi connectivity index (χ1) is 9.22. The van der Waals surface area contributed by atoms with Crippen molar-refractivity contribution in [2.45, 2.75) is 44.3 Å². The minimum absolute atomic E-state index is 0.165. The lowest BCUT2D eigenvalue weighted by Gasteiger charge is -2.21. The average Bonchev–Trinajstić information content (AvgIpc) is 2.79. The summed E-state index contributed by atoms with van der Waals surface area (Å²) in [6, 6.07) is 0. The number of H-pyrrole nitrogens is 1. The van der Waals surface area contributed by atoms with Gasteiger partial charge in [0.1, 0.15) is 0 Å². The number of hydrogen-bond donors (Lipinski definition) is 3. The molecule has 6 heteroatoms. The van der Waals surface area contributed by atoms with E-state index in [4.69, 9.17) is 5.73 Å². The molecule has 1 fully saturated rings. The number of aromatic nitrogens is 2. The number of aryl methyl sites for hydroxylation is 1. The van der Waals surface area contributed by atoms with Gasteiger partial charge in [-0.2, -0.15) is 16.9 Å². The molecule has 0 saturated carbocycles. The molecule has 0 aliphatic carbocycles. The van der Waals surface area contributed by atoms with Crippen molar-refractivity contribution in [1.82, 2.24) is 15.5 Å². The number of carbonyl (C=O) groups excluding carboxylic acids is 1. The molecule has 1 aliphatic heterocycles. The summed E-state index contributed by atoms with van der Waals surface area (Å²) >= 11 is 1.94. The third-order valence-electron chi connectivity index (χ3n) is 3.36. The van der Waals surface area contributed by atoms with Gasteiger partial charge in [-0.25, -0.2) is 0 Å². The highest BCUT2D eigenvalue weighted by Gasteiger charge is 2.19. The van der Waals surface area contributed by atoms with Crippen molar-refractivity contribution in [2.24, 2.45) is 0 Å². The molecule has 0 aromatic carbocycles. The highest BCUT2D eigenvalue weighted by molar-refractivity contribution is 7.99. The van der Waals surface area contributed by atoms with E-state index in [0.717, 1.165) is 18.5 Å². The molecule has 0 bridgehead atoms. The van der Waals surface area contributed by atoms with E-state index in [0.29, 0.717) is 23.2 Å². The predicted molar refractivity (Wildman–Crippen MR) is 79.4 cm³/mol. The number of thioether (sulfide) groups is 1. The zero-order valence-corrected chi connectivity index (χ0v) is 12.2. The number of nitrogens with one attached hydrogen (secondary N) is 2. The molecule has 19 heavy (non-hydrogen) atoms. The predicted octanol–water partition coefficient (Wildman–Crippen LogP) is 1.96. The van der Waals surface area contributed by atoms with E-state index in [2.05, 4.69) is 22.4 Å². The number of nitrogens with two attached hydrogens (primary N) is 1. The fraction of sp³-hybridized carbons (Fsp3) is 0.692. The van der Waals surface area contributed by atoms with Crippen molar-refractivity contribution in [3.63, 3.8) is 0 Å². The Bertz CT molecular complexity index is 426. The number of nitrogen functional groups attached to an aromatic ring is 1. The molecule has 0 spiro atoms. The Morgan fingerprint density at radius 3 is 3.11 bits per heavy atom. The fourth-order valence-electron chi connectivity index (χ4n) is 2.26. The number of nitrogens with zero attached hydrogens (tertiary/aromatic N) is 1. The number of hydrogen-bond acceptors (Lipinski definition) is 4. The van der Waals surface area contributed by atoms with Crippen molar-refractivity contribution < 1.29 is 4.79 Å². The second-order valence-corrected chi connectivity index (χ2v) is 6.32. The first kappa shape index (κ1) is 14.2. The first-order valence-corrected chi connectivity index (χ1v) is 7.99. The molecular weight excluding hydrogens is 260 g/mol. The minimum atomic E-state index is -0.165. The van der Waals surface area contributed by atoms with Gasteiger partial charge in [0, 0.05) is 11.8 Å². The number of carbonyl (C=O) groups is 1. The van der Waals surface area contributed by atoms with E-state index in [1.807, 2.05) is 11.8 Å². The lowest BCUT2D eigenvalue weighted by Crippen LogP contribution is -2.32. The summed E-state index contributed by atoms with van der Waals surface area (Å²) in [6.07, 6.45) is 5.54. The summed E-state index contributed by atoms with van der Waals surface area (Å²) in [6.45, 7) is 2.78. The van der Waals surface area contributed by atoms with Gasteiger partial charge in [0.25, 0.3) is 5.91 Å². The highest BCUT2D eigenvalue weighted by atomic mass is 32.2. The quantitative estimate of drug-likeness (QED) is 0.771. The van der Waals surface area contributed by atoms with Gasteiger partial charge in [-0.05, 0) is 25.0 Å². The molecule has 1 aliphatic rings. The second kappa shape index (κ2) is 6.84. The third-order valence-corrected chi connectivity index (χ3v) is 4.76. The molecule has 1 unspecified atom stereocenters. The maximum absolute atomic E-state index is 12.0. The standard InChI is InChI=1S/C13H22N4OS/c1-2-5-10-11(14)12(17-16-10)13(18)15-8-9-6-3-4-7-19-9/h9H,2-8,14H2,1H3,(H,15,18)(H,16,17). The molecule has 106 valence electrons. The van der Waals surface area contributed by atoms with Gasteiger partial charge in [0.2, 0.25) is 0 Å². The van der Waals surface area contributed by atoms with Crippen molar-refractivity contribution in [3.8, 4) is 0 Å². The maximum atomic E-state index is 12.0. The van der Waals surface area contributed by atoms with E-state index in [-0.39, 0.29) is 5.91 Å². The molecule has 1 atom stereocenters. The Kier molecular flexibility index (Phi) is 5.13. The van der Waals surface area contributed by atoms with Crippen LogP contribution in [0.4, 0.5) is 5.69 Å².